The fraction of sp³-hybridized carbons (Fsp3) is 0.0952. The summed E-state index contributed by atoms with van der Waals surface area (Å²) in [5, 5.41) is 20.1. The first-order valence-corrected chi connectivity index (χ1v) is 8.17. The van der Waals surface area contributed by atoms with Crippen molar-refractivity contribution in [2.75, 3.05) is 5.73 Å². The molecule has 0 radical (unpaired) electrons. The Kier molecular flexibility index (Phi) is 3.39. The van der Waals surface area contributed by atoms with Gasteiger partial charge in [0.05, 0.1) is 16.8 Å². The monoisotopic (exact) mass is 337 g/mol. The van der Waals surface area contributed by atoms with Crippen molar-refractivity contribution in [2.24, 2.45) is 0 Å². The molecule has 1 aromatic carbocycles. The van der Waals surface area contributed by atoms with Gasteiger partial charge in [0.1, 0.15) is 18.0 Å². The second-order valence-electron chi connectivity index (χ2n) is 6.29. The molecule has 0 fully saturated rings. The zero-order valence-electron chi connectivity index (χ0n) is 14.4. The Labute approximate surface area is 150 Å². The molecule has 0 unspecified atom stereocenters. The zero-order valence-corrected chi connectivity index (χ0v) is 14.4. The molecule has 3 N–H and O–H groups in total. The fourth-order valence-electron chi connectivity index (χ4n) is 3.56. The van der Waals surface area contributed by atoms with E-state index >= 15 is 0 Å². The third-order valence-electron chi connectivity index (χ3n) is 4.91. The van der Waals surface area contributed by atoms with E-state index in [2.05, 4.69) is 22.1 Å². The highest BCUT2D eigenvalue weighted by atomic mass is 14.9. The molecule has 5 heteroatoms. The molecule has 124 valence electrons. The highest BCUT2D eigenvalue weighted by Gasteiger charge is 2.29. The summed E-state index contributed by atoms with van der Waals surface area (Å²) in [5.41, 5.74) is 12.7. The van der Waals surface area contributed by atoms with Crippen LogP contribution in [0.2, 0.25) is 0 Å². The van der Waals surface area contributed by atoms with Crippen LogP contribution in [0.5, 0.6) is 0 Å². The van der Waals surface area contributed by atoms with Gasteiger partial charge in [0, 0.05) is 28.2 Å². The number of nitrogens with two attached hydrogens (primary N) is 1. The average molecular weight is 337 g/mol. The van der Waals surface area contributed by atoms with Crippen molar-refractivity contribution in [1.29, 1.82) is 10.5 Å². The SMILES string of the molecule is CC1=C(C#N)c2nc(N)c(C#N)c(C)c2C1=Cc1c[nH]c2ccccc12. The standard InChI is InChI=1S/C21H15N5/c1-11-15(7-13-10-25-18-6-4-3-5-14(13)18)19-12(2)17(9-23)21(24)26-20(19)16(11)8-22/h3-7,10,25H,1-2H3,(H2,24,26). The number of hydrogen-bond donors (Lipinski definition) is 2. The highest BCUT2D eigenvalue weighted by molar-refractivity contribution is 6.10. The molecule has 2 aromatic heterocycles. The van der Waals surface area contributed by atoms with Crippen molar-refractivity contribution in [3.05, 3.63) is 64.0 Å². The van der Waals surface area contributed by atoms with Gasteiger partial charge in [-0.3, -0.25) is 0 Å². The Hall–Kier alpha value is -3.83. The van der Waals surface area contributed by atoms with E-state index < -0.39 is 0 Å². The lowest BCUT2D eigenvalue weighted by atomic mass is 9.95. The minimum atomic E-state index is 0.164. The summed E-state index contributed by atoms with van der Waals surface area (Å²) in [4.78, 5) is 7.61. The number of nitrogens with zero attached hydrogens (tertiary/aromatic N) is 3. The molecule has 5 nitrogen and oxygen atoms in total. The second kappa shape index (κ2) is 5.61. The van der Waals surface area contributed by atoms with Crippen LogP contribution in [0.4, 0.5) is 5.82 Å². The van der Waals surface area contributed by atoms with Crippen molar-refractivity contribution >= 4 is 33.9 Å². The van der Waals surface area contributed by atoms with Crippen LogP contribution >= 0.6 is 0 Å². The zero-order chi connectivity index (χ0) is 18.4. The fourth-order valence-corrected chi connectivity index (χ4v) is 3.56. The van der Waals surface area contributed by atoms with Gasteiger partial charge in [0.15, 0.2) is 0 Å². The number of nitrogens with one attached hydrogen (secondary N) is 1. The summed E-state index contributed by atoms with van der Waals surface area (Å²) in [6.45, 7) is 3.76. The summed E-state index contributed by atoms with van der Waals surface area (Å²) >= 11 is 0. The van der Waals surface area contributed by atoms with Gasteiger partial charge in [0.25, 0.3) is 0 Å². The number of benzene rings is 1. The molecule has 26 heavy (non-hydrogen) atoms. The number of hydrogen-bond acceptors (Lipinski definition) is 4. The Bertz CT molecular complexity index is 1230. The van der Waals surface area contributed by atoms with E-state index in [1.54, 1.807) is 0 Å². The minimum absolute atomic E-state index is 0.164. The lowest BCUT2D eigenvalue weighted by Crippen LogP contribution is -2.03. The maximum absolute atomic E-state index is 9.62. The molecule has 0 amide bonds. The predicted octanol–water partition coefficient (Wildman–Crippen LogP) is 4.18. The lowest BCUT2D eigenvalue weighted by molar-refractivity contribution is 1.22. The number of nitrogen functional groups attached to an aromatic ring is 1. The number of H-pyrrole nitrogens is 1. The number of nitriles is 2. The average Bonchev–Trinajstić information content (AvgIpc) is 3.15. The van der Waals surface area contributed by atoms with Gasteiger partial charge in [-0.1, -0.05) is 18.2 Å². The normalized spacial score (nSPS) is 14.5. The molecule has 0 bridgehead atoms. The first kappa shape index (κ1) is 15.7. The van der Waals surface area contributed by atoms with Gasteiger partial charge < -0.3 is 10.7 Å². The molecule has 4 rings (SSSR count). The summed E-state index contributed by atoms with van der Waals surface area (Å²) in [5.74, 6) is 0.164. The van der Waals surface area contributed by atoms with E-state index in [1.165, 1.54) is 0 Å². The van der Waals surface area contributed by atoms with Gasteiger partial charge in [0.2, 0.25) is 0 Å². The molecule has 0 saturated carbocycles. The quantitative estimate of drug-likeness (QED) is 0.695. The Balaban J connectivity index is 2.04. The van der Waals surface area contributed by atoms with Gasteiger partial charge in [-0.25, -0.2) is 4.98 Å². The highest BCUT2D eigenvalue weighted by Crippen LogP contribution is 2.44. The van der Waals surface area contributed by atoms with Crippen LogP contribution in [0.1, 0.15) is 34.9 Å². The Morgan fingerprint density at radius 1 is 1.15 bits per heavy atom. The van der Waals surface area contributed by atoms with Crippen molar-refractivity contribution < 1.29 is 0 Å². The molecule has 2 heterocycles. The van der Waals surface area contributed by atoms with Crippen LogP contribution in [0.15, 0.2) is 36.0 Å². The van der Waals surface area contributed by atoms with Crippen LogP contribution in [0, 0.1) is 29.6 Å². The molecule has 1 aliphatic rings. The van der Waals surface area contributed by atoms with E-state index in [-0.39, 0.29) is 5.82 Å². The maximum atomic E-state index is 9.62. The van der Waals surface area contributed by atoms with Crippen molar-refractivity contribution in [3.63, 3.8) is 0 Å². The first-order valence-electron chi connectivity index (χ1n) is 8.17. The topological polar surface area (TPSA) is 102 Å². The number of aromatic nitrogens is 2. The van der Waals surface area contributed by atoms with Crippen LogP contribution in [0.3, 0.4) is 0 Å². The molecular weight excluding hydrogens is 322 g/mol. The van der Waals surface area contributed by atoms with Crippen molar-refractivity contribution in [1.82, 2.24) is 9.97 Å². The molecule has 0 spiro atoms. The number of pyridine rings is 1. The maximum Gasteiger partial charge on any atom is 0.142 e. The van der Waals surface area contributed by atoms with Crippen LogP contribution in [-0.2, 0) is 0 Å². The minimum Gasteiger partial charge on any atom is -0.383 e. The third kappa shape index (κ3) is 2.05. The first-order chi connectivity index (χ1) is 12.6. The number of allylic oxidation sites excluding steroid dienone is 3. The van der Waals surface area contributed by atoms with Crippen LogP contribution in [0.25, 0.3) is 28.1 Å². The molecular formula is C21H15N5. The van der Waals surface area contributed by atoms with E-state index in [0.29, 0.717) is 16.8 Å². The van der Waals surface area contributed by atoms with E-state index in [0.717, 1.165) is 38.7 Å². The second-order valence-corrected chi connectivity index (χ2v) is 6.29. The lowest BCUT2D eigenvalue weighted by Gasteiger charge is -2.10. The van der Waals surface area contributed by atoms with Gasteiger partial charge in [-0.15, -0.1) is 0 Å². The summed E-state index contributed by atoms with van der Waals surface area (Å²) in [6, 6.07) is 12.4. The number of anilines is 1. The predicted molar refractivity (Wildman–Crippen MR) is 102 cm³/mol. The van der Waals surface area contributed by atoms with E-state index in [4.69, 9.17) is 5.73 Å². The molecule has 0 atom stereocenters. The van der Waals surface area contributed by atoms with Gasteiger partial charge >= 0.3 is 0 Å². The van der Waals surface area contributed by atoms with Crippen molar-refractivity contribution in [2.45, 2.75) is 13.8 Å². The van der Waals surface area contributed by atoms with Crippen molar-refractivity contribution in [3.8, 4) is 12.1 Å². The third-order valence-corrected chi connectivity index (χ3v) is 4.91. The molecule has 0 saturated heterocycles. The number of para-hydroxylation sites is 1. The number of rotatable bonds is 1. The largest absolute Gasteiger partial charge is 0.383 e. The summed E-state index contributed by atoms with van der Waals surface area (Å²) in [7, 11) is 0. The van der Waals surface area contributed by atoms with E-state index in [9.17, 15) is 10.5 Å². The van der Waals surface area contributed by atoms with E-state index in [1.807, 2.05) is 50.4 Å². The van der Waals surface area contributed by atoms with Crippen LogP contribution < -0.4 is 5.73 Å². The summed E-state index contributed by atoms with van der Waals surface area (Å²) in [6.07, 6.45) is 3.99. The number of fused-ring (bicyclic) bond motifs is 2. The molecule has 3 aromatic rings. The Morgan fingerprint density at radius 3 is 2.65 bits per heavy atom. The Morgan fingerprint density at radius 2 is 1.92 bits per heavy atom. The molecule has 0 aliphatic heterocycles. The summed E-state index contributed by atoms with van der Waals surface area (Å²) < 4.78 is 0. The number of aromatic amines is 1. The van der Waals surface area contributed by atoms with Gasteiger partial charge in [-0.05, 0) is 42.7 Å². The van der Waals surface area contributed by atoms with Gasteiger partial charge in [-0.2, -0.15) is 10.5 Å². The van der Waals surface area contributed by atoms with Crippen LogP contribution in [-0.4, -0.2) is 9.97 Å². The smallest absolute Gasteiger partial charge is 0.142 e. The molecule has 1 aliphatic carbocycles.